The quantitative estimate of drug-likeness (QED) is 0.832. The summed E-state index contributed by atoms with van der Waals surface area (Å²) in [6, 6.07) is 8.71. The number of carbonyl (C=O) groups is 1. The van der Waals surface area contributed by atoms with E-state index in [0.717, 1.165) is 45.6 Å². The maximum Gasteiger partial charge on any atom is 0.334 e. The number of para-hydroxylation sites is 1. The van der Waals surface area contributed by atoms with Gasteiger partial charge in [0.1, 0.15) is 0 Å². The third-order valence-corrected chi connectivity index (χ3v) is 5.41. The Hall–Kier alpha value is -1.59. The van der Waals surface area contributed by atoms with Crippen molar-refractivity contribution in [1.82, 2.24) is 4.90 Å². The number of esters is 1. The first kappa shape index (κ1) is 17.2. The maximum absolute atomic E-state index is 11.4. The lowest BCUT2D eigenvalue weighted by atomic mass is 9.91. The number of methoxy groups -OCH3 is 1. The van der Waals surface area contributed by atoms with Crippen molar-refractivity contribution in [2.45, 2.75) is 31.8 Å². The van der Waals surface area contributed by atoms with Crippen LogP contribution in [0.2, 0.25) is 0 Å². The zero-order chi connectivity index (χ0) is 16.9. The summed E-state index contributed by atoms with van der Waals surface area (Å²) in [5.74, 6) is -0.470. The van der Waals surface area contributed by atoms with Gasteiger partial charge in [0.25, 0.3) is 0 Å². The molecule has 0 aliphatic carbocycles. The van der Waals surface area contributed by atoms with Crippen molar-refractivity contribution in [3.8, 4) is 0 Å². The lowest BCUT2D eigenvalue weighted by Gasteiger charge is -2.36. The highest BCUT2D eigenvalue weighted by Crippen LogP contribution is 2.27. The van der Waals surface area contributed by atoms with Crippen molar-refractivity contribution in [2.75, 3.05) is 44.7 Å². The van der Waals surface area contributed by atoms with Crippen LogP contribution in [0.15, 0.2) is 24.3 Å². The summed E-state index contributed by atoms with van der Waals surface area (Å²) in [7, 11) is 1.33. The molecule has 0 spiro atoms. The molecule has 2 heterocycles. The van der Waals surface area contributed by atoms with Crippen LogP contribution in [0, 0.1) is 5.92 Å². The molecule has 5 heteroatoms. The molecule has 1 aromatic rings. The van der Waals surface area contributed by atoms with Gasteiger partial charge in [-0.1, -0.05) is 18.2 Å². The number of hydrogen-bond acceptors (Lipinski definition) is 5. The summed E-state index contributed by atoms with van der Waals surface area (Å²) in [6.07, 6.45) is 3.15. The molecule has 0 aromatic heterocycles. The van der Waals surface area contributed by atoms with Crippen LogP contribution in [-0.4, -0.2) is 61.9 Å². The second-order valence-corrected chi connectivity index (χ2v) is 6.87. The number of hydrogen-bond donors (Lipinski definition) is 1. The number of carbonyl (C=O) groups excluding carboxylic acids is 1. The van der Waals surface area contributed by atoms with Crippen LogP contribution in [0.1, 0.15) is 24.8 Å². The Labute approximate surface area is 144 Å². The van der Waals surface area contributed by atoms with E-state index < -0.39 is 12.1 Å². The number of aliphatic hydroxyl groups is 1. The molecule has 1 fully saturated rings. The number of anilines is 1. The lowest BCUT2D eigenvalue weighted by Crippen LogP contribution is -2.44. The molecule has 5 nitrogen and oxygen atoms in total. The molecule has 0 bridgehead atoms. The Morgan fingerprint density at radius 3 is 2.75 bits per heavy atom. The third kappa shape index (κ3) is 3.90. The van der Waals surface area contributed by atoms with Crippen LogP contribution >= 0.6 is 0 Å². The molecule has 1 unspecified atom stereocenters. The number of nitrogens with zero attached hydrogens (tertiary/aromatic N) is 2. The van der Waals surface area contributed by atoms with Crippen molar-refractivity contribution in [3.63, 3.8) is 0 Å². The third-order valence-electron chi connectivity index (χ3n) is 5.41. The van der Waals surface area contributed by atoms with E-state index in [1.165, 1.54) is 31.2 Å². The normalized spacial score (nSPS) is 20.5. The first-order valence-electron chi connectivity index (χ1n) is 9.00. The van der Waals surface area contributed by atoms with Crippen molar-refractivity contribution < 1.29 is 14.6 Å². The highest BCUT2D eigenvalue weighted by Gasteiger charge is 2.30. The molecule has 0 radical (unpaired) electrons. The Balaban J connectivity index is 1.47. The van der Waals surface area contributed by atoms with Crippen LogP contribution in [0.25, 0.3) is 0 Å². The van der Waals surface area contributed by atoms with Gasteiger partial charge in [-0.2, -0.15) is 0 Å². The highest BCUT2D eigenvalue weighted by atomic mass is 16.5. The molecule has 1 aromatic carbocycles. The molecule has 132 valence electrons. The number of benzene rings is 1. The fourth-order valence-corrected chi connectivity index (χ4v) is 3.91. The molecule has 2 aliphatic rings. The molecule has 0 amide bonds. The van der Waals surface area contributed by atoms with Gasteiger partial charge in [0.2, 0.25) is 0 Å². The molecular formula is C19H28N2O3. The van der Waals surface area contributed by atoms with E-state index in [0.29, 0.717) is 0 Å². The largest absolute Gasteiger partial charge is 0.467 e. The van der Waals surface area contributed by atoms with Crippen molar-refractivity contribution >= 4 is 11.7 Å². The topological polar surface area (TPSA) is 53.0 Å². The smallest absolute Gasteiger partial charge is 0.334 e. The molecular weight excluding hydrogens is 304 g/mol. The maximum atomic E-state index is 11.4. The van der Waals surface area contributed by atoms with E-state index in [4.69, 9.17) is 0 Å². The van der Waals surface area contributed by atoms with E-state index in [9.17, 15) is 9.90 Å². The number of aryl methyl sites for hydroxylation is 1. The summed E-state index contributed by atoms with van der Waals surface area (Å²) in [5, 5.41) is 9.97. The van der Waals surface area contributed by atoms with E-state index in [2.05, 4.69) is 38.8 Å². The lowest BCUT2D eigenvalue weighted by molar-refractivity contribution is -0.154. The van der Waals surface area contributed by atoms with Gasteiger partial charge in [-0.3, -0.25) is 0 Å². The van der Waals surface area contributed by atoms with Gasteiger partial charge < -0.3 is 19.6 Å². The number of likely N-dealkylation sites (tertiary alicyclic amines) is 1. The summed E-state index contributed by atoms with van der Waals surface area (Å²) >= 11 is 0. The van der Waals surface area contributed by atoms with E-state index in [1.54, 1.807) is 0 Å². The van der Waals surface area contributed by atoms with Gasteiger partial charge in [0, 0.05) is 25.3 Å². The Morgan fingerprint density at radius 2 is 2.00 bits per heavy atom. The summed E-state index contributed by atoms with van der Waals surface area (Å²) in [5.41, 5.74) is 2.85. The van der Waals surface area contributed by atoms with Crippen molar-refractivity contribution in [1.29, 1.82) is 0 Å². The summed E-state index contributed by atoms with van der Waals surface area (Å²) < 4.78 is 4.64. The SMILES string of the molecule is COC(=O)C(O)C1CCN(CCN2CCCc3ccccc32)CC1. The van der Waals surface area contributed by atoms with E-state index in [-0.39, 0.29) is 5.92 Å². The second-order valence-electron chi connectivity index (χ2n) is 6.87. The molecule has 1 atom stereocenters. The minimum atomic E-state index is -0.967. The van der Waals surface area contributed by atoms with Gasteiger partial charge in [-0.25, -0.2) is 4.79 Å². The Bertz CT molecular complexity index is 555. The average molecular weight is 332 g/mol. The number of aliphatic hydroxyl groups excluding tert-OH is 1. The predicted octanol–water partition coefficient (Wildman–Crippen LogP) is 1.69. The fourth-order valence-electron chi connectivity index (χ4n) is 3.91. The summed E-state index contributed by atoms with van der Waals surface area (Å²) in [4.78, 5) is 16.4. The average Bonchev–Trinajstić information content (AvgIpc) is 2.65. The summed E-state index contributed by atoms with van der Waals surface area (Å²) in [6.45, 7) is 5.09. The highest BCUT2D eigenvalue weighted by molar-refractivity contribution is 5.74. The number of ether oxygens (including phenoxy) is 1. The first-order valence-corrected chi connectivity index (χ1v) is 9.00. The molecule has 3 rings (SSSR count). The van der Waals surface area contributed by atoms with Gasteiger partial charge >= 0.3 is 5.97 Å². The number of rotatable bonds is 5. The fraction of sp³-hybridized carbons (Fsp3) is 0.632. The number of fused-ring (bicyclic) bond motifs is 1. The van der Waals surface area contributed by atoms with Crippen LogP contribution in [-0.2, 0) is 16.0 Å². The van der Waals surface area contributed by atoms with Gasteiger partial charge in [0.15, 0.2) is 6.10 Å². The van der Waals surface area contributed by atoms with Gasteiger partial charge in [-0.05, 0) is 56.3 Å². The first-order chi connectivity index (χ1) is 11.7. The molecule has 1 N–H and O–H groups in total. The van der Waals surface area contributed by atoms with Gasteiger partial charge in [-0.15, -0.1) is 0 Å². The van der Waals surface area contributed by atoms with Crippen LogP contribution in [0.5, 0.6) is 0 Å². The zero-order valence-electron chi connectivity index (χ0n) is 14.5. The van der Waals surface area contributed by atoms with Crippen LogP contribution in [0.4, 0.5) is 5.69 Å². The minimum absolute atomic E-state index is 0.0319. The van der Waals surface area contributed by atoms with Crippen molar-refractivity contribution in [3.05, 3.63) is 29.8 Å². The second kappa shape index (κ2) is 7.99. The molecule has 1 saturated heterocycles. The Morgan fingerprint density at radius 1 is 1.25 bits per heavy atom. The Kier molecular flexibility index (Phi) is 5.74. The predicted molar refractivity (Wildman–Crippen MR) is 94.2 cm³/mol. The van der Waals surface area contributed by atoms with E-state index >= 15 is 0 Å². The van der Waals surface area contributed by atoms with Crippen molar-refractivity contribution in [2.24, 2.45) is 5.92 Å². The standard InChI is InChI=1S/C19H28N2O3/c1-24-19(23)18(22)16-8-11-20(12-9-16)13-14-21-10-4-6-15-5-2-3-7-17(15)21/h2-3,5,7,16,18,22H,4,6,8-14H2,1H3. The van der Waals surface area contributed by atoms with Crippen LogP contribution < -0.4 is 4.90 Å². The molecule has 24 heavy (non-hydrogen) atoms. The zero-order valence-corrected chi connectivity index (χ0v) is 14.5. The van der Waals surface area contributed by atoms with Gasteiger partial charge in [0.05, 0.1) is 7.11 Å². The minimum Gasteiger partial charge on any atom is -0.467 e. The molecule has 2 aliphatic heterocycles. The monoisotopic (exact) mass is 332 g/mol. The van der Waals surface area contributed by atoms with Crippen LogP contribution in [0.3, 0.4) is 0 Å². The number of piperidine rings is 1. The van der Waals surface area contributed by atoms with E-state index in [1.807, 2.05) is 0 Å². The molecule has 0 saturated carbocycles.